The van der Waals surface area contributed by atoms with Gasteiger partial charge in [-0.05, 0) is 25.3 Å². The lowest BCUT2D eigenvalue weighted by atomic mass is 10.3. The Kier molecular flexibility index (Phi) is 2.52. The molecule has 0 saturated heterocycles. The first kappa shape index (κ1) is 7.07. The summed E-state index contributed by atoms with van der Waals surface area (Å²) in [7, 11) is 0. The highest BCUT2D eigenvalue weighted by molar-refractivity contribution is 4.89. The van der Waals surface area contributed by atoms with Crippen molar-refractivity contribution in [2.75, 3.05) is 6.54 Å². The summed E-state index contributed by atoms with van der Waals surface area (Å²) in [6.07, 6.45) is 4.06. The van der Waals surface area contributed by atoms with Crippen molar-refractivity contribution in [1.29, 1.82) is 0 Å². The molecule has 0 radical (unpaired) electrons. The van der Waals surface area contributed by atoms with Crippen LogP contribution in [-0.4, -0.2) is 12.6 Å². The number of unbranched alkanes of at least 4 members (excludes halogenated alkanes) is 1. The average Bonchev–Trinajstić information content (AvgIpc) is 2.48. The monoisotopic (exact) mass is 127 g/mol. The van der Waals surface area contributed by atoms with E-state index in [9.17, 15) is 0 Å². The van der Waals surface area contributed by atoms with E-state index in [0.717, 1.165) is 12.0 Å². The molecule has 0 heterocycles. The maximum Gasteiger partial charge on any atom is 0.00963 e. The molecule has 1 fully saturated rings. The third-order valence-electron chi connectivity index (χ3n) is 2.05. The van der Waals surface area contributed by atoms with Crippen LogP contribution in [0.1, 0.15) is 33.1 Å². The number of hydrogen-bond donors (Lipinski definition) is 1. The van der Waals surface area contributed by atoms with Crippen LogP contribution in [0.15, 0.2) is 0 Å². The zero-order valence-electron chi connectivity index (χ0n) is 6.48. The molecule has 0 amide bonds. The Morgan fingerprint density at radius 2 is 2.22 bits per heavy atom. The zero-order chi connectivity index (χ0) is 6.69. The van der Waals surface area contributed by atoms with Gasteiger partial charge in [-0.2, -0.15) is 0 Å². The van der Waals surface area contributed by atoms with Gasteiger partial charge in [0.15, 0.2) is 0 Å². The minimum absolute atomic E-state index is 0.872. The Labute approximate surface area is 57.8 Å². The van der Waals surface area contributed by atoms with Crippen LogP contribution in [0.25, 0.3) is 0 Å². The van der Waals surface area contributed by atoms with Crippen molar-refractivity contribution in [2.24, 2.45) is 5.92 Å². The lowest BCUT2D eigenvalue weighted by molar-refractivity contribution is 0.615. The fourth-order valence-electron chi connectivity index (χ4n) is 1.07. The van der Waals surface area contributed by atoms with Crippen LogP contribution in [-0.2, 0) is 0 Å². The van der Waals surface area contributed by atoms with Crippen LogP contribution in [0.4, 0.5) is 0 Å². The highest BCUT2D eigenvalue weighted by atomic mass is 15.0. The smallest absolute Gasteiger partial charge is 0.00963 e. The van der Waals surface area contributed by atoms with E-state index in [1.54, 1.807) is 0 Å². The Morgan fingerprint density at radius 3 is 2.67 bits per heavy atom. The van der Waals surface area contributed by atoms with Gasteiger partial charge >= 0.3 is 0 Å². The van der Waals surface area contributed by atoms with Crippen molar-refractivity contribution in [1.82, 2.24) is 5.32 Å². The Balaban J connectivity index is 1.83. The highest BCUT2D eigenvalue weighted by Crippen LogP contribution is 2.28. The average molecular weight is 127 g/mol. The molecule has 1 rings (SSSR count). The van der Waals surface area contributed by atoms with Gasteiger partial charge in [-0.3, -0.25) is 0 Å². The molecule has 0 aliphatic heterocycles. The van der Waals surface area contributed by atoms with Crippen molar-refractivity contribution in [3.63, 3.8) is 0 Å². The largest absolute Gasteiger partial charge is 0.314 e. The van der Waals surface area contributed by atoms with E-state index < -0.39 is 0 Å². The van der Waals surface area contributed by atoms with Gasteiger partial charge in [-0.25, -0.2) is 0 Å². The van der Waals surface area contributed by atoms with E-state index in [4.69, 9.17) is 0 Å². The van der Waals surface area contributed by atoms with E-state index in [0.29, 0.717) is 0 Å². The molecular formula is C8H17N. The molecule has 0 aromatic rings. The van der Waals surface area contributed by atoms with Gasteiger partial charge in [-0.15, -0.1) is 0 Å². The lowest BCUT2D eigenvalue weighted by Gasteiger charge is -1.98. The first-order valence-corrected chi connectivity index (χ1v) is 4.08. The minimum Gasteiger partial charge on any atom is -0.314 e. The van der Waals surface area contributed by atoms with E-state index in [1.807, 2.05) is 0 Å². The van der Waals surface area contributed by atoms with Gasteiger partial charge in [-0.1, -0.05) is 20.3 Å². The van der Waals surface area contributed by atoms with Crippen LogP contribution < -0.4 is 5.32 Å². The molecule has 1 aliphatic carbocycles. The third-order valence-corrected chi connectivity index (χ3v) is 2.05. The first-order chi connectivity index (χ1) is 4.34. The van der Waals surface area contributed by atoms with Crippen LogP contribution in [0, 0.1) is 5.92 Å². The topological polar surface area (TPSA) is 12.0 Å². The molecule has 1 heteroatoms. The molecule has 0 aromatic heterocycles. The highest BCUT2D eigenvalue weighted by Gasteiger charge is 2.31. The molecule has 0 spiro atoms. The number of rotatable bonds is 4. The van der Waals surface area contributed by atoms with E-state index >= 15 is 0 Å². The van der Waals surface area contributed by atoms with Gasteiger partial charge in [0, 0.05) is 6.04 Å². The molecule has 2 atom stereocenters. The maximum atomic E-state index is 3.51. The summed E-state index contributed by atoms with van der Waals surface area (Å²) in [4.78, 5) is 0. The molecule has 9 heavy (non-hydrogen) atoms. The summed E-state index contributed by atoms with van der Waals surface area (Å²) in [6, 6.07) is 0.872. The summed E-state index contributed by atoms with van der Waals surface area (Å²) in [5, 5.41) is 3.51. The molecule has 1 saturated carbocycles. The Bertz CT molecular complexity index is 80.6. The van der Waals surface area contributed by atoms with Gasteiger partial charge in [0.25, 0.3) is 0 Å². The normalized spacial score (nSPS) is 32.7. The maximum absolute atomic E-state index is 3.51. The van der Waals surface area contributed by atoms with Crippen molar-refractivity contribution in [3.05, 3.63) is 0 Å². The second-order valence-corrected chi connectivity index (χ2v) is 3.13. The summed E-state index contributed by atoms with van der Waals surface area (Å²) in [6.45, 7) is 5.77. The van der Waals surface area contributed by atoms with Gasteiger partial charge in [0.05, 0.1) is 0 Å². The predicted octanol–water partition coefficient (Wildman–Crippen LogP) is 1.78. The predicted molar refractivity (Wildman–Crippen MR) is 40.5 cm³/mol. The van der Waals surface area contributed by atoms with Crippen LogP contribution in [0.2, 0.25) is 0 Å². The van der Waals surface area contributed by atoms with Crippen LogP contribution in [0.3, 0.4) is 0 Å². The first-order valence-electron chi connectivity index (χ1n) is 4.08. The zero-order valence-corrected chi connectivity index (χ0v) is 6.48. The van der Waals surface area contributed by atoms with Gasteiger partial charge in [0.1, 0.15) is 0 Å². The fraction of sp³-hybridized carbons (Fsp3) is 1.00. The number of hydrogen-bond acceptors (Lipinski definition) is 1. The van der Waals surface area contributed by atoms with Crippen LogP contribution in [0.5, 0.6) is 0 Å². The Morgan fingerprint density at radius 1 is 1.56 bits per heavy atom. The number of nitrogens with one attached hydrogen (secondary N) is 1. The summed E-state index contributed by atoms with van der Waals surface area (Å²) in [5.41, 5.74) is 0. The van der Waals surface area contributed by atoms with Gasteiger partial charge in [0.2, 0.25) is 0 Å². The van der Waals surface area contributed by atoms with E-state index in [2.05, 4.69) is 19.2 Å². The fourth-order valence-corrected chi connectivity index (χ4v) is 1.07. The standard InChI is InChI=1S/C8H17N/c1-3-4-5-9-8-6-7(8)2/h7-9H,3-6H2,1-2H3/t7?,8-/m0/s1. The lowest BCUT2D eigenvalue weighted by Crippen LogP contribution is -2.18. The van der Waals surface area contributed by atoms with Gasteiger partial charge < -0.3 is 5.32 Å². The summed E-state index contributed by atoms with van der Waals surface area (Å²) < 4.78 is 0. The molecular weight excluding hydrogens is 110 g/mol. The summed E-state index contributed by atoms with van der Waals surface area (Å²) in [5.74, 6) is 0.960. The molecule has 0 bridgehead atoms. The van der Waals surface area contributed by atoms with Crippen LogP contribution >= 0.6 is 0 Å². The van der Waals surface area contributed by atoms with E-state index in [-0.39, 0.29) is 0 Å². The third kappa shape index (κ3) is 2.35. The quantitative estimate of drug-likeness (QED) is 0.568. The second-order valence-electron chi connectivity index (χ2n) is 3.13. The van der Waals surface area contributed by atoms with E-state index in [1.165, 1.54) is 25.8 Å². The SMILES string of the molecule is CCCCN[C@H]1CC1C. The van der Waals surface area contributed by atoms with Crippen molar-refractivity contribution in [3.8, 4) is 0 Å². The molecule has 1 unspecified atom stereocenters. The molecule has 1 nitrogen and oxygen atoms in total. The summed E-state index contributed by atoms with van der Waals surface area (Å²) >= 11 is 0. The molecule has 1 aliphatic rings. The van der Waals surface area contributed by atoms with Crippen molar-refractivity contribution >= 4 is 0 Å². The second kappa shape index (κ2) is 3.21. The molecule has 1 N–H and O–H groups in total. The van der Waals surface area contributed by atoms with Crippen molar-refractivity contribution < 1.29 is 0 Å². The minimum atomic E-state index is 0.872. The molecule has 0 aromatic carbocycles. The molecule has 54 valence electrons. The Hall–Kier alpha value is -0.0400. The van der Waals surface area contributed by atoms with Crippen molar-refractivity contribution in [2.45, 2.75) is 39.2 Å².